The minimum atomic E-state index is -1.05. The number of rotatable bonds is 8. The molecule has 10 heteroatoms. The first-order valence-electron chi connectivity index (χ1n) is 8.23. The van der Waals surface area contributed by atoms with Crippen LogP contribution in [0.2, 0.25) is 5.02 Å². The van der Waals surface area contributed by atoms with E-state index in [1.54, 1.807) is 20.8 Å². The summed E-state index contributed by atoms with van der Waals surface area (Å²) in [7, 11) is 0. The number of carboxylic acids is 1. The highest BCUT2D eigenvalue weighted by atomic mass is 35.5. The second-order valence-electron chi connectivity index (χ2n) is 6.54. The Morgan fingerprint density at radius 3 is 2.19 bits per heavy atom. The van der Waals surface area contributed by atoms with Gasteiger partial charge in [-0.05, 0) is 25.8 Å². The van der Waals surface area contributed by atoms with Crippen LogP contribution in [0.25, 0.3) is 0 Å². The predicted molar refractivity (Wildman–Crippen MR) is 98.6 cm³/mol. The minimum absolute atomic E-state index is 0.00679. The smallest absolute Gasteiger partial charge is 0.308 e. The van der Waals surface area contributed by atoms with Crippen molar-refractivity contribution in [1.29, 1.82) is 0 Å². The first kappa shape index (κ1) is 22.4. The second-order valence-corrected chi connectivity index (χ2v) is 6.95. The summed E-state index contributed by atoms with van der Waals surface area (Å²) < 4.78 is 0. The fourth-order valence-corrected chi connectivity index (χ4v) is 2.47. The van der Waals surface area contributed by atoms with E-state index in [2.05, 4.69) is 10.6 Å². The van der Waals surface area contributed by atoms with Crippen LogP contribution in [0.1, 0.15) is 38.1 Å². The average Bonchev–Trinajstić information content (AvgIpc) is 2.57. The highest BCUT2D eigenvalue weighted by Crippen LogP contribution is 2.22. The van der Waals surface area contributed by atoms with Gasteiger partial charge in [-0.1, -0.05) is 25.4 Å². The molecule has 3 N–H and O–H groups in total. The van der Waals surface area contributed by atoms with Crippen molar-refractivity contribution in [3.63, 3.8) is 0 Å². The summed E-state index contributed by atoms with van der Waals surface area (Å²) in [5, 5.41) is 24.8. The molecule has 3 unspecified atom stereocenters. The number of carbonyl (C=O) groups is 3. The Hall–Kier alpha value is -2.68. The van der Waals surface area contributed by atoms with Gasteiger partial charge in [0.15, 0.2) is 0 Å². The Balaban J connectivity index is 2.93. The van der Waals surface area contributed by atoms with Gasteiger partial charge in [0, 0.05) is 18.2 Å². The molecule has 0 aliphatic carbocycles. The first-order chi connectivity index (χ1) is 12.5. The maximum Gasteiger partial charge on any atom is 0.308 e. The lowest BCUT2D eigenvalue weighted by Crippen LogP contribution is -2.53. The molecule has 148 valence electrons. The van der Waals surface area contributed by atoms with Crippen molar-refractivity contribution >= 4 is 35.1 Å². The molecule has 0 aliphatic heterocycles. The number of aliphatic carboxylic acids is 1. The topological polar surface area (TPSA) is 139 Å². The Morgan fingerprint density at radius 2 is 1.74 bits per heavy atom. The van der Waals surface area contributed by atoms with Gasteiger partial charge in [0.2, 0.25) is 5.91 Å². The summed E-state index contributed by atoms with van der Waals surface area (Å²) in [5.74, 6) is -3.34. The molecular formula is C17H22ClN3O6. The zero-order chi connectivity index (χ0) is 20.9. The van der Waals surface area contributed by atoms with Crippen molar-refractivity contribution in [1.82, 2.24) is 10.6 Å². The third-order valence-corrected chi connectivity index (χ3v) is 4.47. The zero-order valence-electron chi connectivity index (χ0n) is 15.4. The number of amides is 2. The molecule has 9 nitrogen and oxygen atoms in total. The molecule has 1 rings (SSSR count). The van der Waals surface area contributed by atoms with Crippen LogP contribution in [0.15, 0.2) is 18.2 Å². The highest BCUT2D eigenvalue weighted by Gasteiger charge is 2.29. The van der Waals surface area contributed by atoms with Crippen LogP contribution in [-0.4, -0.2) is 39.9 Å². The molecule has 0 bridgehead atoms. The van der Waals surface area contributed by atoms with Gasteiger partial charge in [-0.15, -0.1) is 0 Å². The quantitative estimate of drug-likeness (QED) is 0.452. The number of hydrogen-bond acceptors (Lipinski definition) is 5. The van der Waals surface area contributed by atoms with Crippen molar-refractivity contribution in [3.05, 3.63) is 38.9 Å². The molecule has 0 fully saturated rings. The predicted octanol–water partition coefficient (Wildman–Crippen LogP) is 2.23. The van der Waals surface area contributed by atoms with Crippen LogP contribution in [0.4, 0.5) is 5.69 Å². The summed E-state index contributed by atoms with van der Waals surface area (Å²) >= 11 is 5.94. The molecule has 0 saturated heterocycles. The molecule has 0 radical (unpaired) electrons. The molecule has 0 spiro atoms. The molecular weight excluding hydrogens is 378 g/mol. The number of nitrogens with zero attached hydrogens (tertiary/aromatic N) is 1. The van der Waals surface area contributed by atoms with Gasteiger partial charge >= 0.3 is 5.97 Å². The largest absolute Gasteiger partial charge is 0.481 e. The number of hydrogen-bond donors (Lipinski definition) is 3. The monoisotopic (exact) mass is 399 g/mol. The Kier molecular flexibility index (Phi) is 7.71. The third kappa shape index (κ3) is 5.92. The van der Waals surface area contributed by atoms with E-state index in [0.29, 0.717) is 0 Å². The van der Waals surface area contributed by atoms with Gasteiger partial charge < -0.3 is 15.7 Å². The number of nitrogens with one attached hydrogen (secondary N) is 2. The number of carbonyl (C=O) groups excluding carboxylic acids is 2. The SMILES string of the molecule is CC(C)C(NC(=O)c1ccc([N+](=O)[O-])cc1Cl)C(=O)NC(C)C(C)C(=O)O. The third-order valence-electron chi connectivity index (χ3n) is 4.15. The number of nitro groups is 1. The van der Waals surface area contributed by atoms with Crippen LogP contribution in [0, 0.1) is 22.0 Å². The van der Waals surface area contributed by atoms with Crippen molar-refractivity contribution in [3.8, 4) is 0 Å². The van der Waals surface area contributed by atoms with Crippen LogP contribution in [0.3, 0.4) is 0 Å². The number of nitro benzene ring substituents is 1. The Bertz CT molecular complexity index is 752. The molecule has 0 saturated carbocycles. The maximum absolute atomic E-state index is 12.5. The summed E-state index contributed by atoms with van der Waals surface area (Å²) in [6.45, 7) is 6.45. The first-order valence-corrected chi connectivity index (χ1v) is 8.61. The maximum atomic E-state index is 12.5. The lowest BCUT2D eigenvalue weighted by atomic mass is 10.00. The van der Waals surface area contributed by atoms with Crippen molar-refractivity contribution in [2.45, 2.75) is 39.8 Å². The van der Waals surface area contributed by atoms with E-state index in [-0.39, 0.29) is 22.2 Å². The molecule has 0 aromatic heterocycles. The molecule has 1 aromatic rings. The van der Waals surface area contributed by atoms with Gasteiger partial charge in [0.1, 0.15) is 6.04 Å². The summed E-state index contributed by atoms with van der Waals surface area (Å²) in [6, 6.07) is 1.82. The van der Waals surface area contributed by atoms with Gasteiger partial charge in [-0.3, -0.25) is 24.5 Å². The second kappa shape index (κ2) is 9.31. The lowest BCUT2D eigenvalue weighted by Gasteiger charge is -2.25. The van der Waals surface area contributed by atoms with Crippen LogP contribution in [-0.2, 0) is 9.59 Å². The molecule has 3 atom stereocenters. The summed E-state index contributed by atoms with van der Waals surface area (Å²) in [4.78, 5) is 46.1. The van der Waals surface area contributed by atoms with Crippen molar-refractivity contribution in [2.24, 2.45) is 11.8 Å². The van der Waals surface area contributed by atoms with Crippen LogP contribution < -0.4 is 10.6 Å². The Labute approximate surface area is 161 Å². The molecule has 2 amide bonds. The number of benzene rings is 1. The van der Waals surface area contributed by atoms with Crippen molar-refractivity contribution in [2.75, 3.05) is 0 Å². The van der Waals surface area contributed by atoms with E-state index >= 15 is 0 Å². The van der Waals surface area contributed by atoms with Gasteiger partial charge in [0.05, 0.1) is 21.4 Å². The Morgan fingerprint density at radius 1 is 1.15 bits per heavy atom. The van der Waals surface area contributed by atoms with Gasteiger partial charge in [-0.2, -0.15) is 0 Å². The van der Waals surface area contributed by atoms with E-state index in [1.165, 1.54) is 13.0 Å². The average molecular weight is 400 g/mol. The lowest BCUT2D eigenvalue weighted by molar-refractivity contribution is -0.384. The molecule has 0 aliphatic rings. The molecule has 27 heavy (non-hydrogen) atoms. The minimum Gasteiger partial charge on any atom is -0.481 e. The fourth-order valence-electron chi connectivity index (χ4n) is 2.21. The standard InChI is InChI=1S/C17H22ClN3O6/c1-8(2)14(16(23)19-10(4)9(3)17(24)25)20-15(22)12-6-5-11(21(26)27)7-13(12)18/h5-10,14H,1-4H3,(H,19,23)(H,20,22)(H,24,25). The normalized spacial score (nSPS) is 14.1. The number of halogens is 1. The van der Waals surface area contributed by atoms with E-state index in [4.69, 9.17) is 16.7 Å². The van der Waals surface area contributed by atoms with Crippen LogP contribution >= 0.6 is 11.6 Å². The van der Waals surface area contributed by atoms with Gasteiger partial charge in [0.25, 0.3) is 11.6 Å². The highest BCUT2D eigenvalue weighted by molar-refractivity contribution is 6.34. The van der Waals surface area contributed by atoms with E-state index in [9.17, 15) is 24.5 Å². The van der Waals surface area contributed by atoms with Crippen LogP contribution in [0.5, 0.6) is 0 Å². The summed E-state index contributed by atoms with van der Waals surface area (Å²) in [5.41, 5.74) is -0.265. The zero-order valence-corrected chi connectivity index (χ0v) is 16.1. The van der Waals surface area contributed by atoms with E-state index < -0.39 is 40.7 Å². The van der Waals surface area contributed by atoms with E-state index in [0.717, 1.165) is 12.1 Å². The molecule has 0 heterocycles. The number of carboxylic acid groups (broad SMARTS) is 1. The fraction of sp³-hybridized carbons (Fsp3) is 0.471. The van der Waals surface area contributed by atoms with Gasteiger partial charge in [-0.25, -0.2) is 0 Å². The van der Waals surface area contributed by atoms with E-state index in [1.807, 2.05) is 0 Å². The van der Waals surface area contributed by atoms with Crippen molar-refractivity contribution < 1.29 is 24.4 Å². The number of non-ortho nitro benzene ring substituents is 1. The molecule has 1 aromatic carbocycles. The summed E-state index contributed by atoms with van der Waals surface area (Å²) in [6.07, 6.45) is 0.